The molecule has 0 heterocycles. The van der Waals surface area contributed by atoms with Crippen LogP contribution in [0.15, 0.2) is 54.6 Å². The Morgan fingerprint density at radius 2 is 1.78 bits per heavy atom. The van der Waals surface area contributed by atoms with E-state index in [0.717, 1.165) is 17.5 Å². The maximum Gasteiger partial charge on any atom is 0.115 e. The van der Waals surface area contributed by atoms with Crippen molar-refractivity contribution in [1.82, 2.24) is 0 Å². The highest BCUT2D eigenvalue weighted by molar-refractivity contribution is 5.28. The lowest BCUT2D eigenvalue weighted by Gasteiger charge is -2.20. The fourth-order valence-corrected chi connectivity index (χ4v) is 2.19. The first-order chi connectivity index (χ1) is 8.66. The smallest absolute Gasteiger partial charge is 0.115 e. The van der Waals surface area contributed by atoms with Crippen molar-refractivity contribution in [1.29, 1.82) is 0 Å². The molecule has 0 aliphatic heterocycles. The summed E-state index contributed by atoms with van der Waals surface area (Å²) in [5.41, 5.74) is 8.54. The fraction of sp³-hybridized carbons (Fsp3) is 0.250. The molecule has 0 aliphatic rings. The lowest BCUT2D eigenvalue weighted by atomic mass is 9.90. The van der Waals surface area contributed by atoms with E-state index in [-0.39, 0.29) is 6.04 Å². The van der Waals surface area contributed by atoms with Crippen molar-refractivity contribution in [3.63, 3.8) is 0 Å². The van der Waals surface area contributed by atoms with Gasteiger partial charge in [0.1, 0.15) is 5.75 Å². The normalized spacial score (nSPS) is 14.1. The zero-order valence-corrected chi connectivity index (χ0v) is 10.6. The van der Waals surface area contributed by atoms with Crippen LogP contribution in [0.3, 0.4) is 0 Å². The Bertz CT molecular complexity index is 495. The molecule has 0 bridgehead atoms. The summed E-state index contributed by atoms with van der Waals surface area (Å²) < 4.78 is 0. The molecule has 94 valence electrons. The summed E-state index contributed by atoms with van der Waals surface area (Å²) in [5, 5.41) is 9.45. The minimum absolute atomic E-state index is 0.0218. The van der Waals surface area contributed by atoms with E-state index in [1.165, 1.54) is 0 Å². The van der Waals surface area contributed by atoms with Gasteiger partial charge in [-0.2, -0.15) is 0 Å². The Labute approximate surface area is 108 Å². The van der Waals surface area contributed by atoms with Crippen molar-refractivity contribution >= 4 is 0 Å². The molecule has 2 atom stereocenters. The number of rotatable bonds is 4. The lowest BCUT2D eigenvalue weighted by molar-refractivity contribution is 0.459. The monoisotopic (exact) mass is 241 g/mol. The fourth-order valence-electron chi connectivity index (χ4n) is 2.19. The van der Waals surface area contributed by atoms with Gasteiger partial charge in [0.05, 0.1) is 0 Å². The number of benzene rings is 2. The van der Waals surface area contributed by atoms with Gasteiger partial charge < -0.3 is 10.8 Å². The van der Waals surface area contributed by atoms with E-state index in [1.54, 1.807) is 12.1 Å². The Kier molecular flexibility index (Phi) is 4.00. The Hall–Kier alpha value is -1.80. The first-order valence-corrected chi connectivity index (χ1v) is 6.25. The van der Waals surface area contributed by atoms with Gasteiger partial charge in [-0.1, -0.05) is 49.4 Å². The largest absolute Gasteiger partial charge is 0.508 e. The van der Waals surface area contributed by atoms with Gasteiger partial charge in [-0.05, 0) is 35.6 Å². The maximum absolute atomic E-state index is 9.45. The topological polar surface area (TPSA) is 46.2 Å². The molecule has 0 saturated heterocycles. The van der Waals surface area contributed by atoms with Crippen LogP contribution >= 0.6 is 0 Å². The number of hydrogen-bond donors (Lipinski definition) is 2. The third-order valence-corrected chi connectivity index (χ3v) is 3.27. The summed E-state index contributed by atoms with van der Waals surface area (Å²) in [6, 6.07) is 17.5. The molecule has 0 aromatic heterocycles. The van der Waals surface area contributed by atoms with E-state index in [0.29, 0.717) is 11.7 Å². The minimum atomic E-state index is 0.0218. The van der Waals surface area contributed by atoms with Crippen LogP contribution in [0, 0.1) is 5.92 Å². The highest BCUT2D eigenvalue weighted by Crippen LogP contribution is 2.23. The van der Waals surface area contributed by atoms with E-state index in [4.69, 9.17) is 5.73 Å². The highest BCUT2D eigenvalue weighted by Gasteiger charge is 2.15. The molecule has 2 unspecified atom stereocenters. The Morgan fingerprint density at radius 1 is 1.06 bits per heavy atom. The molecule has 0 fully saturated rings. The summed E-state index contributed by atoms with van der Waals surface area (Å²) in [5.74, 6) is 0.641. The van der Waals surface area contributed by atoms with Crippen LogP contribution in [0.5, 0.6) is 5.75 Å². The molecule has 2 heteroatoms. The average molecular weight is 241 g/mol. The van der Waals surface area contributed by atoms with Gasteiger partial charge in [0.2, 0.25) is 0 Å². The number of phenols is 1. The highest BCUT2D eigenvalue weighted by atomic mass is 16.3. The second-order valence-corrected chi connectivity index (χ2v) is 4.79. The molecule has 0 aliphatic carbocycles. The van der Waals surface area contributed by atoms with E-state index in [1.807, 2.05) is 30.3 Å². The van der Waals surface area contributed by atoms with Crippen LogP contribution in [0.4, 0.5) is 0 Å². The molecule has 2 rings (SSSR count). The number of hydrogen-bond acceptors (Lipinski definition) is 2. The standard InChI is InChI=1S/C16H19NO/c1-12(10-13-6-5-9-15(18)11-13)16(17)14-7-3-2-4-8-14/h2-9,11-12,16,18H,10,17H2,1H3. The summed E-state index contributed by atoms with van der Waals surface area (Å²) >= 11 is 0. The van der Waals surface area contributed by atoms with Crippen molar-refractivity contribution < 1.29 is 5.11 Å². The van der Waals surface area contributed by atoms with Crippen LogP contribution in [0.25, 0.3) is 0 Å². The number of phenolic OH excluding ortho intramolecular Hbond substituents is 1. The summed E-state index contributed by atoms with van der Waals surface area (Å²) in [4.78, 5) is 0. The summed E-state index contributed by atoms with van der Waals surface area (Å²) in [6.45, 7) is 2.14. The molecule has 18 heavy (non-hydrogen) atoms. The summed E-state index contributed by atoms with van der Waals surface area (Å²) in [7, 11) is 0. The maximum atomic E-state index is 9.45. The van der Waals surface area contributed by atoms with E-state index in [9.17, 15) is 5.11 Å². The first-order valence-electron chi connectivity index (χ1n) is 6.25. The van der Waals surface area contributed by atoms with Crippen LogP contribution in [0.2, 0.25) is 0 Å². The van der Waals surface area contributed by atoms with Gasteiger partial charge in [0.25, 0.3) is 0 Å². The Morgan fingerprint density at radius 3 is 2.44 bits per heavy atom. The molecule has 0 amide bonds. The van der Waals surface area contributed by atoms with Crippen molar-refractivity contribution in [3.8, 4) is 5.75 Å². The van der Waals surface area contributed by atoms with E-state index < -0.39 is 0 Å². The Balaban J connectivity index is 2.06. The minimum Gasteiger partial charge on any atom is -0.508 e. The number of nitrogens with two attached hydrogens (primary N) is 1. The van der Waals surface area contributed by atoms with Gasteiger partial charge >= 0.3 is 0 Å². The molecule has 0 radical (unpaired) electrons. The molecule has 2 aromatic rings. The van der Waals surface area contributed by atoms with Gasteiger partial charge in [0, 0.05) is 6.04 Å². The van der Waals surface area contributed by atoms with E-state index in [2.05, 4.69) is 19.1 Å². The van der Waals surface area contributed by atoms with Crippen molar-refractivity contribution in [2.75, 3.05) is 0 Å². The molecule has 0 saturated carbocycles. The van der Waals surface area contributed by atoms with Gasteiger partial charge in [-0.3, -0.25) is 0 Å². The van der Waals surface area contributed by atoms with Gasteiger partial charge in [-0.25, -0.2) is 0 Å². The SMILES string of the molecule is CC(Cc1cccc(O)c1)C(N)c1ccccc1. The van der Waals surface area contributed by atoms with Crippen LogP contribution in [-0.4, -0.2) is 5.11 Å². The molecule has 0 spiro atoms. The predicted molar refractivity (Wildman–Crippen MR) is 74.3 cm³/mol. The second-order valence-electron chi connectivity index (χ2n) is 4.79. The van der Waals surface area contributed by atoms with Gasteiger partial charge in [-0.15, -0.1) is 0 Å². The molecule has 2 nitrogen and oxygen atoms in total. The van der Waals surface area contributed by atoms with E-state index >= 15 is 0 Å². The summed E-state index contributed by atoms with van der Waals surface area (Å²) in [6.07, 6.45) is 0.866. The molecule has 3 N–H and O–H groups in total. The van der Waals surface area contributed by atoms with Gasteiger partial charge in [0.15, 0.2) is 0 Å². The van der Waals surface area contributed by atoms with Crippen LogP contribution in [0.1, 0.15) is 24.1 Å². The van der Waals surface area contributed by atoms with Crippen LogP contribution < -0.4 is 5.73 Å². The third kappa shape index (κ3) is 3.11. The number of aromatic hydroxyl groups is 1. The quantitative estimate of drug-likeness (QED) is 0.863. The molecular formula is C16H19NO. The first kappa shape index (κ1) is 12.7. The third-order valence-electron chi connectivity index (χ3n) is 3.27. The second kappa shape index (κ2) is 5.69. The zero-order valence-electron chi connectivity index (χ0n) is 10.6. The molecule has 2 aromatic carbocycles. The van der Waals surface area contributed by atoms with Crippen LogP contribution in [-0.2, 0) is 6.42 Å². The zero-order chi connectivity index (χ0) is 13.0. The average Bonchev–Trinajstić information content (AvgIpc) is 2.39. The van der Waals surface area contributed by atoms with Crippen molar-refractivity contribution in [3.05, 3.63) is 65.7 Å². The lowest BCUT2D eigenvalue weighted by Crippen LogP contribution is -2.20. The molecular weight excluding hydrogens is 222 g/mol. The van der Waals surface area contributed by atoms with Crippen molar-refractivity contribution in [2.24, 2.45) is 11.7 Å². The van der Waals surface area contributed by atoms with Crippen molar-refractivity contribution in [2.45, 2.75) is 19.4 Å². The predicted octanol–water partition coefficient (Wildman–Crippen LogP) is 3.27.